The van der Waals surface area contributed by atoms with Crippen LogP contribution in [0.25, 0.3) is 16.5 Å². The number of carbonyl (C=O) groups excluding carboxylic acids is 1. The zero-order valence-electron chi connectivity index (χ0n) is 22.8. The van der Waals surface area contributed by atoms with Gasteiger partial charge in [-0.25, -0.2) is 0 Å². The molecule has 0 fully saturated rings. The molecule has 0 aliphatic heterocycles. The molecule has 2 aliphatic rings. The second kappa shape index (κ2) is 10.8. The number of azo groups is 1. The molecule has 4 nitrogen and oxygen atoms in total. The van der Waals surface area contributed by atoms with Gasteiger partial charge in [0.2, 0.25) is 0 Å². The van der Waals surface area contributed by atoms with Crippen LogP contribution in [0.4, 0.5) is 0 Å². The average molecular weight is 544 g/mol. The molecule has 1 heterocycles. The van der Waals surface area contributed by atoms with Crippen molar-refractivity contribution in [2.24, 2.45) is 26.8 Å². The maximum absolute atomic E-state index is 13.6. The number of fused-ring (bicyclic) bond motifs is 1. The molecule has 2 aromatic rings. The highest BCUT2D eigenvalue weighted by molar-refractivity contribution is 7.12. The molecular formula is C32H34ClN3OS. The molecule has 0 unspecified atom stereocenters. The van der Waals surface area contributed by atoms with Crippen LogP contribution in [0.3, 0.4) is 0 Å². The molecule has 6 heteroatoms. The van der Waals surface area contributed by atoms with Crippen molar-refractivity contribution >= 4 is 45.2 Å². The Morgan fingerprint density at radius 3 is 2.24 bits per heavy atom. The summed E-state index contributed by atoms with van der Waals surface area (Å²) >= 11 is 7.77. The van der Waals surface area contributed by atoms with Crippen LogP contribution in [0, 0.1) is 10.8 Å². The van der Waals surface area contributed by atoms with Gasteiger partial charge < -0.3 is 5.73 Å². The van der Waals surface area contributed by atoms with E-state index in [1.165, 1.54) is 6.20 Å². The van der Waals surface area contributed by atoms with E-state index in [1.807, 2.05) is 42.5 Å². The number of Topliss-reactive ketones (excluding diaryl/α,β-unsaturated/α-hetero) is 1. The van der Waals surface area contributed by atoms with Crippen LogP contribution in [0.1, 0.15) is 52.8 Å². The minimum absolute atomic E-state index is 0.0888. The van der Waals surface area contributed by atoms with Gasteiger partial charge in [-0.2, -0.15) is 5.11 Å². The second-order valence-electron chi connectivity index (χ2n) is 11.5. The van der Waals surface area contributed by atoms with Crippen LogP contribution in [0.2, 0.25) is 0 Å². The number of hydrogen-bond donors (Lipinski definition) is 1. The molecule has 0 radical (unpaired) electrons. The van der Waals surface area contributed by atoms with E-state index in [0.29, 0.717) is 17.2 Å². The van der Waals surface area contributed by atoms with Crippen molar-refractivity contribution in [2.45, 2.75) is 48.0 Å². The summed E-state index contributed by atoms with van der Waals surface area (Å²) in [6, 6.07) is 8.26. The van der Waals surface area contributed by atoms with Crippen molar-refractivity contribution in [3.05, 3.63) is 110 Å². The summed E-state index contributed by atoms with van der Waals surface area (Å²) in [5.41, 5.74) is 9.88. The van der Waals surface area contributed by atoms with Crippen molar-refractivity contribution in [2.75, 3.05) is 0 Å². The fourth-order valence-electron chi connectivity index (χ4n) is 4.40. The van der Waals surface area contributed by atoms with Crippen molar-refractivity contribution in [3.63, 3.8) is 0 Å². The Hall–Kier alpha value is -3.28. The lowest BCUT2D eigenvalue weighted by Crippen LogP contribution is -2.28. The number of carbonyl (C=O) groups is 1. The fraction of sp³-hybridized carbons (Fsp3) is 0.281. The minimum atomic E-state index is -0.333. The third kappa shape index (κ3) is 5.90. The lowest BCUT2D eigenvalue weighted by Gasteiger charge is -2.31. The van der Waals surface area contributed by atoms with Crippen LogP contribution in [-0.2, 0) is 4.79 Å². The number of halogens is 1. The van der Waals surface area contributed by atoms with Crippen molar-refractivity contribution in [3.8, 4) is 0 Å². The predicted octanol–water partition coefficient (Wildman–Crippen LogP) is 9.40. The summed E-state index contributed by atoms with van der Waals surface area (Å²) in [7, 11) is 0. The van der Waals surface area contributed by atoms with Gasteiger partial charge in [-0.3, -0.25) is 4.79 Å². The van der Waals surface area contributed by atoms with Crippen molar-refractivity contribution < 1.29 is 4.79 Å². The van der Waals surface area contributed by atoms with Crippen LogP contribution >= 0.6 is 22.9 Å². The number of nitrogens with two attached hydrogens (primary N) is 1. The SMILES string of the molecule is CC(C)(C)C1=CC(=C(N=NC(/C=C\N)=C2\C=CC(Cl)=CC2)c2scc3ccccc23)C=C(C(C)(C)C)C1=O. The monoisotopic (exact) mass is 543 g/mol. The third-order valence-corrected chi connectivity index (χ3v) is 7.81. The largest absolute Gasteiger partial charge is 0.405 e. The lowest BCUT2D eigenvalue weighted by molar-refractivity contribution is -0.114. The van der Waals surface area contributed by atoms with Gasteiger partial charge >= 0.3 is 0 Å². The van der Waals surface area contributed by atoms with E-state index >= 15 is 0 Å². The van der Waals surface area contributed by atoms with Crippen LogP contribution < -0.4 is 5.73 Å². The molecule has 0 saturated carbocycles. The van der Waals surface area contributed by atoms with Gasteiger partial charge in [0.25, 0.3) is 0 Å². The maximum Gasteiger partial charge on any atom is 0.186 e. The van der Waals surface area contributed by atoms with Crippen molar-refractivity contribution in [1.29, 1.82) is 0 Å². The molecule has 2 N–H and O–H groups in total. The lowest BCUT2D eigenvalue weighted by atomic mass is 9.71. The Morgan fingerprint density at radius 1 is 1.00 bits per heavy atom. The number of nitrogens with zero attached hydrogens (tertiary/aromatic N) is 2. The number of thiophene rings is 1. The Balaban J connectivity index is 2.01. The molecule has 4 rings (SSSR count). The standard InChI is InChI=1S/C32H34ClN3OS/c1-31(2,3)25-17-22(18-26(29(25)37)32(4,5)6)28(30-24-10-8-7-9-21(24)19-38-30)36-35-27(15-16-34)20-11-13-23(33)14-12-20/h7-11,13-19H,12,34H2,1-6H3/b16-15-,27-20+,36-35?. The topological polar surface area (TPSA) is 67.8 Å². The molecular weight excluding hydrogens is 510 g/mol. The van der Waals surface area contributed by atoms with Gasteiger partial charge in [-0.05, 0) is 64.1 Å². The van der Waals surface area contributed by atoms with Crippen molar-refractivity contribution in [1.82, 2.24) is 0 Å². The molecule has 196 valence electrons. The molecule has 1 aromatic carbocycles. The van der Waals surface area contributed by atoms with E-state index in [9.17, 15) is 4.79 Å². The molecule has 1 aromatic heterocycles. The first kappa shape index (κ1) is 27.7. The second-order valence-corrected chi connectivity index (χ2v) is 12.8. The zero-order valence-corrected chi connectivity index (χ0v) is 24.4. The predicted molar refractivity (Wildman–Crippen MR) is 162 cm³/mol. The van der Waals surface area contributed by atoms with E-state index in [2.05, 4.69) is 59.1 Å². The van der Waals surface area contributed by atoms with E-state index in [4.69, 9.17) is 27.6 Å². The molecule has 0 spiro atoms. The summed E-state index contributed by atoms with van der Waals surface area (Å²) < 4.78 is 0. The zero-order chi connectivity index (χ0) is 27.7. The summed E-state index contributed by atoms with van der Waals surface area (Å²) in [4.78, 5) is 14.6. The first-order valence-corrected chi connectivity index (χ1v) is 13.9. The number of rotatable bonds is 4. The molecule has 2 aliphatic carbocycles. The minimum Gasteiger partial charge on any atom is -0.405 e. The number of hydrogen-bond acceptors (Lipinski definition) is 5. The molecule has 0 bridgehead atoms. The molecule has 0 saturated heterocycles. The van der Waals surface area contributed by atoms with E-state index < -0.39 is 0 Å². The van der Waals surface area contributed by atoms with Gasteiger partial charge in [0, 0.05) is 27.1 Å². The van der Waals surface area contributed by atoms with Gasteiger partial charge in [0.15, 0.2) is 5.78 Å². The average Bonchev–Trinajstić information content (AvgIpc) is 3.27. The summed E-state index contributed by atoms with van der Waals surface area (Å²) in [5, 5.41) is 14.7. The molecule has 38 heavy (non-hydrogen) atoms. The first-order chi connectivity index (χ1) is 17.9. The highest BCUT2D eigenvalue weighted by Gasteiger charge is 2.35. The quantitative estimate of drug-likeness (QED) is 0.390. The Morgan fingerprint density at radius 2 is 1.66 bits per heavy atom. The number of allylic oxidation sites excluding steroid dienone is 11. The van der Waals surface area contributed by atoms with Crippen LogP contribution in [0.15, 0.2) is 116 Å². The fourth-order valence-corrected chi connectivity index (χ4v) is 5.58. The Bertz CT molecular complexity index is 1490. The van der Waals surface area contributed by atoms with Crippen LogP contribution in [-0.4, -0.2) is 5.78 Å². The van der Waals surface area contributed by atoms with E-state index in [1.54, 1.807) is 17.4 Å². The molecule has 0 atom stereocenters. The van der Waals surface area contributed by atoms with Crippen LogP contribution in [0.5, 0.6) is 0 Å². The first-order valence-electron chi connectivity index (χ1n) is 12.7. The van der Waals surface area contributed by atoms with E-state index in [0.717, 1.165) is 43.6 Å². The highest BCUT2D eigenvalue weighted by atomic mass is 35.5. The smallest absolute Gasteiger partial charge is 0.186 e. The Labute approximate surface area is 234 Å². The van der Waals surface area contributed by atoms with Gasteiger partial charge in [-0.15, -0.1) is 16.5 Å². The van der Waals surface area contributed by atoms with Gasteiger partial charge in [-0.1, -0.05) is 89.6 Å². The third-order valence-electron chi connectivity index (χ3n) is 6.50. The number of benzene rings is 1. The summed E-state index contributed by atoms with van der Waals surface area (Å²) in [6.07, 6.45) is 13.6. The highest BCUT2D eigenvalue weighted by Crippen LogP contribution is 2.43. The molecule has 0 amide bonds. The maximum atomic E-state index is 13.6. The number of ketones is 1. The summed E-state index contributed by atoms with van der Waals surface area (Å²) in [5.74, 6) is 0.0888. The van der Waals surface area contributed by atoms with Gasteiger partial charge in [0.05, 0.1) is 10.6 Å². The Kier molecular flexibility index (Phi) is 7.91. The normalized spacial score (nSPS) is 18.3. The summed E-state index contributed by atoms with van der Waals surface area (Å²) in [6.45, 7) is 12.4. The van der Waals surface area contributed by atoms with E-state index in [-0.39, 0.29) is 16.6 Å². The van der Waals surface area contributed by atoms with Gasteiger partial charge in [0.1, 0.15) is 5.70 Å².